The van der Waals surface area contributed by atoms with Crippen molar-refractivity contribution in [3.05, 3.63) is 0 Å². The standard InChI is InChI=1S/C18H30F2O4/c1-3-4-5-6-7-8-9-10-11-12-13-24-18(23)15(14(2)21)16(22)17(19)20/h15,17H,3-13H2,1-2H3. The number of carbonyl (C=O) groups excluding carboxylic acids is 3. The fourth-order valence-corrected chi connectivity index (χ4v) is 2.45. The van der Waals surface area contributed by atoms with Gasteiger partial charge in [-0.2, -0.15) is 0 Å². The van der Waals surface area contributed by atoms with E-state index >= 15 is 0 Å². The number of Topliss-reactive ketones (excluding diaryl/α,β-unsaturated/α-hetero) is 2. The molecule has 0 saturated heterocycles. The number of unbranched alkanes of at least 4 members (excludes halogenated alkanes) is 9. The van der Waals surface area contributed by atoms with Crippen molar-refractivity contribution in [3.8, 4) is 0 Å². The lowest BCUT2D eigenvalue weighted by Gasteiger charge is -2.11. The van der Waals surface area contributed by atoms with Crippen LogP contribution in [0.5, 0.6) is 0 Å². The summed E-state index contributed by atoms with van der Waals surface area (Å²) in [5, 5.41) is 0. The van der Waals surface area contributed by atoms with Crippen molar-refractivity contribution in [2.24, 2.45) is 5.92 Å². The Bertz CT molecular complexity index is 383. The third-order valence-corrected chi connectivity index (χ3v) is 3.88. The van der Waals surface area contributed by atoms with Crippen LogP contribution in [0.25, 0.3) is 0 Å². The zero-order chi connectivity index (χ0) is 18.4. The van der Waals surface area contributed by atoms with E-state index in [2.05, 4.69) is 6.92 Å². The van der Waals surface area contributed by atoms with Gasteiger partial charge >= 0.3 is 5.97 Å². The highest BCUT2D eigenvalue weighted by atomic mass is 19.3. The van der Waals surface area contributed by atoms with Crippen LogP contribution in [0.1, 0.15) is 78.1 Å². The molecule has 0 aromatic heterocycles. The van der Waals surface area contributed by atoms with Crippen LogP contribution < -0.4 is 0 Å². The second kappa shape index (κ2) is 14.1. The smallest absolute Gasteiger partial charge is 0.324 e. The second-order valence-corrected chi connectivity index (χ2v) is 6.10. The molecule has 0 aliphatic rings. The number of halogens is 2. The number of esters is 1. The fraction of sp³-hybridized carbons (Fsp3) is 0.833. The predicted molar refractivity (Wildman–Crippen MR) is 88.0 cm³/mol. The van der Waals surface area contributed by atoms with E-state index in [1.807, 2.05) is 0 Å². The quantitative estimate of drug-likeness (QED) is 0.248. The predicted octanol–water partition coefficient (Wildman–Crippen LogP) is 4.49. The van der Waals surface area contributed by atoms with Crippen molar-refractivity contribution >= 4 is 17.5 Å². The molecule has 0 fully saturated rings. The van der Waals surface area contributed by atoms with Crippen molar-refractivity contribution in [3.63, 3.8) is 0 Å². The van der Waals surface area contributed by atoms with Crippen LogP contribution in [0.4, 0.5) is 8.78 Å². The summed E-state index contributed by atoms with van der Waals surface area (Å²) in [6.07, 6.45) is 7.82. The Balaban J connectivity index is 3.74. The van der Waals surface area contributed by atoms with Gasteiger partial charge in [0.05, 0.1) is 6.61 Å². The van der Waals surface area contributed by atoms with E-state index in [0.717, 1.165) is 26.2 Å². The zero-order valence-electron chi connectivity index (χ0n) is 14.8. The Morgan fingerprint density at radius 2 is 1.29 bits per heavy atom. The van der Waals surface area contributed by atoms with Gasteiger partial charge in [-0.05, 0) is 13.3 Å². The van der Waals surface area contributed by atoms with Crippen LogP contribution in [0.15, 0.2) is 0 Å². The van der Waals surface area contributed by atoms with Crippen LogP contribution in [-0.2, 0) is 19.1 Å². The van der Waals surface area contributed by atoms with E-state index in [1.165, 1.54) is 38.5 Å². The molecule has 0 N–H and O–H groups in total. The molecule has 0 heterocycles. The first-order valence-corrected chi connectivity index (χ1v) is 8.90. The number of ether oxygens (including phenoxy) is 1. The molecule has 0 spiro atoms. The van der Waals surface area contributed by atoms with Crippen LogP contribution in [0.2, 0.25) is 0 Å². The highest BCUT2D eigenvalue weighted by Crippen LogP contribution is 2.12. The molecule has 0 rings (SSSR count). The van der Waals surface area contributed by atoms with Gasteiger partial charge in [0, 0.05) is 0 Å². The first kappa shape index (κ1) is 22.7. The number of rotatable bonds is 15. The maximum atomic E-state index is 12.3. The summed E-state index contributed by atoms with van der Waals surface area (Å²) >= 11 is 0. The van der Waals surface area contributed by atoms with Gasteiger partial charge in [-0.15, -0.1) is 0 Å². The molecule has 1 atom stereocenters. The molecule has 4 nitrogen and oxygen atoms in total. The maximum absolute atomic E-state index is 12.3. The van der Waals surface area contributed by atoms with Gasteiger partial charge in [-0.25, -0.2) is 8.78 Å². The summed E-state index contributed by atoms with van der Waals surface area (Å²) in [4.78, 5) is 33.9. The molecule has 0 aromatic rings. The largest absolute Gasteiger partial charge is 0.465 e. The first-order chi connectivity index (χ1) is 11.4. The summed E-state index contributed by atoms with van der Waals surface area (Å²) < 4.78 is 29.5. The summed E-state index contributed by atoms with van der Waals surface area (Å²) in [5.41, 5.74) is 0. The third-order valence-electron chi connectivity index (χ3n) is 3.88. The number of alkyl halides is 2. The number of ketones is 2. The third kappa shape index (κ3) is 10.4. The monoisotopic (exact) mass is 348 g/mol. The van der Waals surface area contributed by atoms with E-state index in [4.69, 9.17) is 4.74 Å². The van der Waals surface area contributed by atoms with Gasteiger partial charge in [-0.1, -0.05) is 64.7 Å². The lowest BCUT2D eigenvalue weighted by molar-refractivity contribution is -0.158. The van der Waals surface area contributed by atoms with E-state index in [0.29, 0.717) is 6.42 Å². The molecule has 6 heteroatoms. The van der Waals surface area contributed by atoms with Crippen molar-refractivity contribution < 1.29 is 27.9 Å². The Hall–Kier alpha value is -1.33. The van der Waals surface area contributed by atoms with E-state index in [-0.39, 0.29) is 6.61 Å². The molecule has 0 saturated carbocycles. The van der Waals surface area contributed by atoms with Crippen molar-refractivity contribution in [2.45, 2.75) is 84.5 Å². The highest BCUT2D eigenvalue weighted by Gasteiger charge is 2.37. The molecular formula is C18H30F2O4. The van der Waals surface area contributed by atoms with Gasteiger partial charge in [0.15, 0.2) is 11.7 Å². The topological polar surface area (TPSA) is 60.4 Å². The molecule has 0 aromatic carbocycles. The molecular weight excluding hydrogens is 318 g/mol. The van der Waals surface area contributed by atoms with Crippen molar-refractivity contribution in [2.75, 3.05) is 6.61 Å². The van der Waals surface area contributed by atoms with Gasteiger partial charge < -0.3 is 4.74 Å². The lowest BCUT2D eigenvalue weighted by atomic mass is 10.0. The number of hydrogen-bond donors (Lipinski definition) is 0. The fourth-order valence-electron chi connectivity index (χ4n) is 2.45. The van der Waals surface area contributed by atoms with E-state index < -0.39 is 29.9 Å². The maximum Gasteiger partial charge on any atom is 0.324 e. The van der Waals surface area contributed by atoms with Crippen LogP contribution in [0, 0.1) is 5.92 Å². The molecule has 140 valence electrons. The zero-order valence-corrected chi connectivity index (χ0v) is 14.8. The van der Waals surface area contributed by atoms with Crippen LogP contribution in [0.3, 0.4) is 0 Å². The molecule has 0 radical (unpaired) electrons. The SMILES string of the molecule is CCCCCCCCCCCCOC(=O)C(C(C)=O)C(=O)C(F)F. The molecule has 0 aliphatic carbocycles. The number of carbonyl (C=O) groups is 3. The Kier molecular flexibility index (Phi) is 13.3. The van der Waals surface area contributed by atoms with Crippen molar-refractivity contribution in [1.82, 2.24) is 0 Å². The molecule has 0 aliphatic heterocycles. The molecule has 0 bridgehead atoms. The first-order valence-electron chi connectivity index (χ1n) is 8.90. The minimum absolute atomic E-state index is 0.0512. The van der Waals surface area contributed by atoms with Crippen LogP contribution >= 0.6 is 0 Å². The lowest BCUT2D eigenvalue weighted by Crippen LogP contribution is -2.35. The average Bonchev–Trinajstić information content (AvgIpc) is 2.52. The Morgan fingerprint density at radius 1 is 0.833 bits per heavy atom. The summed E-state index contributed by atoms with van der Waals surface area (Å²) in [6.45, 7) is 3.18. The Morgan fingerprint density at radius 3 is 1.71 bits per heavy atom. The molecule has 0 amide bonds. The second-order valence-electron chi connectivity index (χ2n) is 6.10. The summed E-state index contributed by atoms with van der Waals surface area (Å²) in [5.74, 6) is -5.75. The minimum Gasteiger partial charge on any atom is -0.465 e. The highest BCUT2D eigenvalue weighted by molar-refractivity contribution is 6.17. The molecule has 1 unspecified atom stereocenters. The Labute approximate surface area is 143 Å². The summed E-state index contributed by atoms with van der Waals surface area (Å²) in [7, 11) is 0. The van der Waals surface area contributed by atoms with Gasteiger partial charge in [-0.3, -0.25) is 14.4 Å². The van der Waals surface area contributed by atoms with Gasteiger partial charge in [0.2, 0.25) is 5.78 Å². The van der Waals surface area contributed by atoms with Crippen LogP contribution in [-0.4, -0.2) is 30.6 Å². The summed E-state index contributed by atoms with van der Waals surface area (Å²) in [6, 6.07) is 0. The van der Waals surface area contributed by atoms with Gasteiger partial charge in [0.25, 0.3) is 6.43 Å². The number of hydrogen-bond acceptors (Lipinski definition) is 4. The average molecular weight is 348 g/mol. The minimum atomic E-state index is -3.34. The molecule has 24 heavy (non-hydrogen) atoms. The van der Waals surface area contributed by atoms with Gasteiger partial charge in [0.1, 0.15) is 0 Å². The normalized spacial score (nSPS) is 12.2. The van der Waals surface area contributed by atoms with E-state index in [9.17, 15) is 23.2 Å². The van der Waals surface area contributed by atoms with Crippen molar-refractivity contribution in [1.29, 1.82) is 0 Å². The van der Waals surface area contributed by atoms with E-state index in [1.54, 1.807) is 0 Å².